The van der Waals surface area contributed by atoms with Gasteiger partial charge in [0.05, 0.1) is 6.10 Å². The third-order valence-electron chi connectivity index (χ3n) is 6.55. The number of halogens is 1. The van der Waals surface area contributed by atoms with Crippen LogP contribution in [-0.2, 0) is 19.1 Å². The number of carbonyl (C=O) groups excluding carboxylic acids is 2. The highest BCUT2D eigenvalue weighted by atomic mass is 35.5. The van der Waals surface area contributed by atoms with Crippen LogP contribution in [-0.4, -0.2) is 55.1 Å². The zero-order chi connectivity index (χ0) is 23.6. The highest BCUT2D eigenvalue weighted by Gasteiger charge is 2.65. The standard InChI is InChI=1S/C26H40ClNO4/c1-5-6-7-8-10-13-22(31-4)14-11-9-12-15-24(29)28(3)19-21(18-27)26-23(32-26)17-16-20(2)25(26)30/h9,11,16,18,22-23H,5-8,10,12-15,17,19H2,1-4H3/b11-9+,21-18-/t22-,23-,26-/m0/s1. The maximum Gasteiger partial charge on any atom is 0.222 e. The van der Waals surface area contributed by atoms with Crippen LogP contribution in [0.15, 0.2) is 34.9 Å². The Kier molecular flexibility index (Phi) is 11.2. The summed E-state index contributed by atoms with van der Waals surface area (Å²) in [6.07, 6.45) is 16.3. The van der Waals surface area contributed by atoms with E-state index < -0.39 is 5.60 Å². The summed E-state index contributed by atoms with van der Waals surface area (Å²) in [6.45, 7) is 4.33. The van der Waals surface area contributed by atoms with Gasteiger partial charge in [-0.15, -0.1) is 0 Å². The average Bonchev–Trinajstić information content (AvgIpc) is 3.54. The van der Waals surface area contributed by atoms with Gasteiger partial charge in [-0.25, -0.2) is 0 Å². The first-order valence-electron chi connectivity index (χ1n) is 12.0. The van der Waals surface area contributed by atoms with Gasteiger partial charge >= 0.3 is 0 Å². The van der Waals surface area contributed by atoms with Gasteiger partial charge in [-0.1, -0.05) is 68.9 Å². The highest BCUT2D eigenvalue weighted by molar-refractivity contribution is 6.26. The van der Waals surface area contributed by atoms with Crippen LogP contribution in [0.2, 0.25) is 0 Å². The lowest BCUT2D eigenvalue weighted by Crippen LogP contribution is -2.39. The second-order valence-electron chi connectivity index (χ2n) is 8.98. The number of hydrogen-bond donors (Lipinski definition) is 0. The van der Waals surface area contributed by atoms with E-state index in [-0.39, 0.29) is 23.9 Å². The third kappa shape index (κ3) is 7.03. The molecule has 180 valence electrons. The number of likely N-dealkylation sites (N-methyl/N-ethyl adjacent to an activating group) is 1. The van der Waals surface area contributed by atoms with E-state index in [9.17, 15) is 9.59 Å². The normalized spacial score (nSPS) is 23.8. The van der Waals surface area contributed by atoms with E-state index in [0.29, 0.717) is 37.0 Å². The van der Waals surface area contributed by atoms with Crippen LogP contribution >= 0.6 is 11.6 Å². The molecule has 0 N–H and O–H groups in total. The number of methoxy groups -OCH3 is 1. The molecule has 0 aromatic heterocycles. The summed E-state index contributed by atoms with van der Waals surface area (Å²) in [6, 6.07) is 0. The molecule has 0 radical (unpaired) electrons. The number of allylic oxidation sites excluding steroid dienone is 1. The molecule has 6 heteroatoms. The summed E-state index contributed by atoms with van der Waals surface area (Å²) >= 11 is 6.05. The lowest BCUT2D eigenvalue weighted by atomic mass is 9.82. The fourth-order valence-electron chi connectivity index (χ4n) is 4.35. The molecule has 0 aromatic carbocycles. The van der Waals surface area contributed by atoms with Crippen LogP contribution in [0.25, 0.3) is 0 Å². The van der Waals surface area contributed by atoms with Crippen LogP contribution in [0.5, 0.6) is 0 Å². The Morgan fingerprint density at radius 3 is 2.78 bits per heavy atom. The summed E-state index contributed by atoms with van der Waals surface area (Å²) < 4.78 is 11.3. The molecule has 0 aromatic rings. The summed E-state index contributed by atoms with van der Waals surface area (Å²) in [4.78, 5) is 26.9. The van der Waals surface area contributed by atoms with E-state index in [1.54, 1.807) is 26.0 Å². The number of fused-ring (bicyclic) bond motifs is 1. The van der Waals surface area contributed by atoms with Crippen LogP contribution in [0.4, 0.5) is 0 Å². The summed E-state index contributed by atoms with van der Waals surface area (Å²) in [5.41, 5.74) is 1.81. The molecule has 3 atom stereocenters. The number of carbonyl (C=O) groups is 2. The Hall–Kier alpha value is -1.43. The number of hydrogen-bond acceptors (Lipinski definition) is 4. The van der Waals surface area contributed by atoms with Crippen molar-refractivity contribution in [3.05, 3.63) is 34.9 Å². The van der Waals surface area contributed by atoms with Crippen molar-refractivity contribution in [2.24, 2.45) is 0 Å². The van der Waals surface area contributed by atoms with Crippen molar-refractivity contribution < 1.29 is 19.1 Å². The van der Waals surface area contributed by atoms with Crippen LogP contribution in [0.3, 0.4) is 0 Å². The molecule has 0 bridgehead atoms. The van der Waals surface area contributed by atoms with E-state index in [2.05, 4.69) is 19.1 Å². The van der Waals surface area contributed by atoms with Crippen molar-refractivity contribution in [2.45, 2.75) is 95.9 Å². The van der Waals surface area contributed by atoms with Gasteiger partial charge in [-0.2, -0.15) is 0 Å². The fraction of sp³-hybridized carbons (Fsp3) is 0.692. The molecule has 1 saturated heterocycles. The van der Waals surface area contributed by atoms with E-state index >= 15 is 0 Å². The maximum absolute atomic E-state index is 12.7. The molecular formula is C26H40ClNO4. The van der Waals surface area contributed by atoms with Gasteiger partial charge < -0.3 is 14.4 Å². The number of rotatable bonds is 15. The number of unbranched alkanes of at least 4 members (excludes halogenated alkanes) is 4. The zero-order valence-corrected chi connectivity index (χ0v) is 21.0. The van der Waals surface area contributed by atoms with Gasteiger partial charge in [-0.05, 0) is 38.2 Å². The molecule has 2 rings (SSSR count). The quantitative estimate of drug-likeness (QED) is 0.176. The van der Waals surface area contributed by atoms with Gasteiger partial charge in [0.2, 0.25) is 5.91 Å². The number of epoxide rings is 1. The molecule has 2 aliphatic rings. The van der Waals surface area contributed by atoms with Crippen molar-refractivity contribution in [1.29, 1.82) is 0 Å². The molecule has 0 saturated carbocycles. The van der Waals surface area contributed by atoms with Crippen LogP contribution in [0.1, 0.15) is 78.1 Å². The van der Waals surface area contributed by atoms with Crippen molar-refractivity contribution in [3.8, 4) is 0 Å². The summed E-state index contributed by atoms with van der Waals surface area (Å²) in [5.74, 6) is -0.0171. The first kappa shape index (κ1) is 26.8. The number of ether oxygens (including phenoxy) is 2. The molecular weight excluding hydrogens is 426 g/mol. The Morgan fingerprint density at radius 2 is 2.09 bits per heavy atom. The number of amides is 1. The molecule has 1 aliphatic heterocycles. The number of nitrogens with zero attached hydrogens (tertiary/aromatic N) is 1. The minimum atomic E-state index is -0.958. The Labute approximate surface area is 198 Å². The third-order valence-corrected chi connectivity index (χ3v) is 6.82. The van der Waals surface area contributed by atoms with Crippen molar-refractivity contribution in [2.75, 3.05) is 20.7 Å². The Balaban J connectivity index is 1.71. The number of Topliss-reactive ketones (excluding diaryl/α,β-unsaturated/α-hetero) is 1. The van der Waals surface area contributed by atoms with E-state index in [1.807, 2.05) is 6.08 Å². The van der Waals surface area contributed by atoms with E-state index in [4.69, 9.17) is 21.1 Å². The average molecular weight is 466 g/mol. The summed E-state index contributed by atoms with van der Waals surface area (Å²) in [5, 5.41) is 0. The first-order valence-corrected chi connectivity index (χ1v) is 12.4. The number of ketones is 1. The largest absolute Gasteiger partial charge is 0.381 e. The van der Waals surface area contributed by atoms with Crippen molar-refractivity contribution in [3.63, 3.8) is 0 Å². The van der Waals surface area contributed by atoms with Crippen LogP contribution in [0, 0.1) is 0 Å². The SMILES string of the molecule is CCCCCCC[C@@H](C/C=C/CCC(=O)N(C)C/C(=C/Cl)[C@]12O[C@H]1CC=C(C)C2=O)OC. The molecule has 32 heavy (non-hydrogen) atoms. The molecule has 1 heterocycles. The highest BCUT2D eigenvalue weighted by Crippen LogP contribution is 2.50. The predicted molar refractivity (Wildman–Crippen MR) is 130 cm³/mol. The smallest absolute Gasteiger partial charge is 0.222 e. The Bertz CT molecular complexity index is 729. The van der Waals surface area contributed by atoms with Gasteiger partial charge in [0.1, 0.15) is 6.10 Å². The fourth-order valence-corrected chi connectivity index (χ4v) is 4.58. The van der Waals surface area contributed by atoms with Crippen LogP contribution < -0.4 is 0 Å². The van der Waals surface area contributed by atoms with Gasteiger partial charge in [-0.3, -0.25) is 9.59 Å². The molecule has 0 spiro atoms. The topological polar surface area (TPSA) is 59.1 Å². The maximum atomic E-state index is 12.7. The Morgan fingerprint density at radius 1 is 1.34 bits per heavy atom. The zero-order valence-electron chi connectivity index (χ0n) is 20.2. The van der Waals surface area contributed by atoms with Gasteiger partial charge in [0, 0.05) is 38.2 Å². The molecule has 1 aliphatic carbocycles. The molecule has 5 nitrogen and oxygen atoms in total. The van der Waals surface area contributed by atoms with Gasteiger partial charge in [0.15, 0.2) is 11.4 Å². The van der Waals surface area contributed by atoms with Crippen molar-refractivity contribution >= 4 is 23.3 Å². The van der Waals surface area contributed by atoms with E-state index in [0.717, 1.165) is 12.8 Å². The van der Waals surface area contributed by atoms with Crippen molar-refractivity contribution in [1.82, 2.24) is 4.90 Å². The lowest BCUT2D eigenvalue weighted by Gasteiger charge is -2.24. The van der Waals surface area contributed by atoms with Gasteiger partial charge in [0.25, 0.3) is 0 Å². The molecule has 1 amide bonds. The minimum absolute atomic E-state index is 0.0222. The second kappa shape index (κ2) is 13.3. The summed E-state index contributed by atoms with van der Waals surface area (Å²) in [7, 11) is 3.52. The second-order valence-corrected chi connectivity index (χ2v) is 9.20. The molecule has 1 fully saturated rings. The predicted octanol–water partition coefficient (Wildman–Crippen LogP) is 5.73. The lowest BCUT2D eigenvalue weighted by molar-refractivity contribution is -0.129. The first-order chi connectivity index (χ1) is 15.4. The van der Waals surface area contributed by atoms with E-state index in [1.165, 1.54) is 37.6 Å². The molecule has 0 unspecified atom stereocenters. The minimum Gasteiger partial charge on any atom is -0.381 e. The monoisotopic (exact) mass is 465 g/mol.